The molecule has 5 heteroatoms. The van der Waals surface area contributed by atoms with Gasteiger partial charge in [-0.05, 0) is 12.6 Å². The monoisotopic (exact) mass is 260 g/mol. The molecule has 0 spiro atoms. The summed E-state index contributed by atoms with van der Waals surface area (Å²) in [6.07, 6.45) is -0.0661. The van der Waals surface area contributed by atoms with Gasteiger partial charge in [0.2, 0.25) is 5.90 Å². The third kappa shape index (κ3) is 3.12. The van der Waals surface area contributed by atoms with E-state index in [4.69, 9.17) is 4.84 Å². The molecule has 0 aliphatic carbocycles. The summed E-state index contributed by atoms with van der Waals surface area (Å²) in [6, 6.07) is 10.2. The predicted octanol–water partition coefficient (Wildman–Crippen LogP) is 0.866. The summed E-state index contributed by atoms with van der Waals surface area (Å²) in [5.74, 6) is 0.790. The molecular weight excluding hydrogens is 240 g/mol. The maximum absolute atomic E-state index is 5.49. The van der Waals surface area contributed by atoms with Gasteiger partial charge in [0.1, 0.15) is 0 Å². The number of hydrogen-bond donors (Lipinski definition) is 1. The molecule has 1 fully saturated rings. The molecule has 1 atom stereocenters. The third-order valence-electron chi connectivity index (χ3n) is 3.63. The van der Waals surface area contributed by atoms with E-state index in [-0.39, 0.29) is 6.17 Å². The minimum atomic E-state index is -0.0661. The second-order valence-electron chi connectivity index (χ2n) is 5.14. The summed E-state index contributed by atoms with van der Waals surface area (Å²) in [6.45, 7) is 5.18. The van der Waals surface area contributed by atoms with E-state index in [1.807, 2.05) is 18.2 Å². The minimum absolute atomic E-state index is 0.0661. The second kappa shape index (κ2) is 5.69. The normalized spacial score (nSPS) is 25.1. The number of nitrogens with zero attached hydrogens (tertiary/aromatic N) is 3. The molecule has 2 heterocycles. The van der Waals surface area contributed by atoms with Gasteiger partial charge < -0.3 is 9.74 Å². The molecule has 0 aromatic heterocycles. The van der Waals surface area contributed by atoms with Crippen molar-refractivity contribution >= 4 is 5.90 Å². The molecule has 2 aliphatic rings. The number of rotatable bonds is 3. The van der Waals surface area contributed by atoms with Crippen molar-refractivity contribution in [3.63, 3.8) is 0 Å². The number of benzene rings is 1. The van der Waals surface area contributed by atoms with Crippen molar-refractivity contribution in [1.82, 2.24) is 15.3 Å². The molecule has 1 N–H and O–H groups in total. The number of hydrogen-bond acceptors (Lipinski definition) is 5. The van der Waals surface area contributed by atoms with Crippen LogP contribution in [0.5, 0.6) is 0 Å². The molecule has 19 heavy (non-hydrogen) atoms. The first-order chi connectivity index (χ1) is 9.31. The topological polar surface area (TPSA) is 40.1 Å². The van der Waals surface area contributed by atoms with Crippen LogP contribution in [0.3, 0.4) is 0 Å². The maximum Gasteiger partial charge on any atom is 0.225 e. The van der Waals surface area contributed by atoms with Crippen molar-refractivity contribution in [2.75, 3.05) is 39.8 Å². The standard InChI is InChI=1S/C14H20N4O/c1-17-7-9-18(10-8-17)11-13-15-14(16-19-13)12-5-3-2-4-6-12/h2-6,14,16H,7-11H2,1H3/t14-/m1/s1. The van der Waals surface area contributed by atoms with Crippen LogP contribution in [0.1, 0.15) is 11.7 Å². The van der Waals surface area contributed by atoms with Gasteiger partial charge in [0.15, 0.2) is 6.17 Å². The summed E-state index contributed by atoms with van der Waals surface area (Å²) < 4.78 is 0. The lowest BCUT2D eigenvalue weighted by molar-refractivity contribution is 0.142. The molecule has 3 rings (SSSR count). The molecule has 102 valence electrons. The van der Waals surface area contributed by atoms with Crippen LogP contribution in [0.15, 0.2) is 35.3 Å². The number of nitrogens with one attached hydrogen (secondary N) is 1. The second-order valence-corrected chi connectivity index (χ2v) is 5.14. The Labute approximate surface area is 113 Å². The van der Waals surface area contributed by atoms with E-state index in [0.717, 1.165) is 44.2 Å². The minimum Gasteiger partial charge on any atom is -0.390 e. The maximum atomic E-state index is 5.49. The first-order valence-electron chi connectivity index (χ1n) is 6.76. The van der Waals surface area contributed by atoms with E-state index >= 15 is 0 Å². The van der Waals surface area contributed by atoms with Gasteiger partial charge in [-0.2, -0.15) is 0 Å². The van der Waals surface area contributed by atoms with Crippen LogP contribution >= 0.6 is 0 Å². The van der Waals surface area contributed by atoms with Crippen LogP contribution in [0.4, 0.5) is 0 Å². The summed E-state index contributed by atoms with van der Waals surface area (Å²) >= 11 is 0. The van der Waals surface area contributed by atoms with E-state index < -0.39 is 0 Å². The smallest absolute Gasteiger partial charge is 0.225 e. The van der Waals surface area contributed by atoms with Gasteiger partial charge in [0.25, 0.3) is 0 Å². The Morgan fingerprint density at radius 3 is 2.68 bits per heavy atom. The van der Waals surface area contributed by atoms with E-state index in [9.17, 15) is 0 Å². The Balaban J connectivity index is 1.58. The average Bonchev–Trinajstić information content (AvgIpc) is 2.91. The molecule has 0 radical (unpaired) electrons. The molecule has 1 aromatic rings. The molecule has 1 aromatic carbocycles. The van der Waals surface area contributed by atoms with E-state index in [1.165, 1.54) is 0 Å². The van der Waals surface area contributed by atoms with Gasteiger partial charge in [-0.1, -0.05) is 30.3 Å². The summed E-state index contributed by atoms with van der Waals surface area (Å²) in [5.41, 5.74) is 4.12. The quantitative estimate of drug-likeness (QED) is 0.875. The highest BCUT2D eigenvalue weighted by Crippen LogP contribution is 2.18. The van der Waals surface area contributed by atoms with Gasteiger partial charge in [-0.3, -0.25) is 4.90 Å². The lowest BCUT2D eigenvalue weighted by Crippen LogP contribution is -2.46. The van der Waals surface area contributed by atoms with Crippen LogP contribution in [0.25, 0.3) is 0 Å². The van der Waals surface area contributed by atoms with Gasteiger partial charge in [-0.25, -0.2) is 4.99 Å². The van der Waals surface area contributed by atoms with Crippen LogP contribution < -0.4 is 5.48 Å². The molecule has 0 amide bonds. The molecule has 5 nitrogen and oxygen atoms in total. The first kappa shape index (κ1) is 12.6. The van der Waals surface area contributed by atoms with E-state index in [1.54, 1.807) is 0 Å². The van der Waals surface area contributed by atoms with Gasteiger partial charge >= 0.3 is 0 Å². The zero-order chi connectivity index (χ0) is 13.1. The van der Waals surface area contributed by atoms with Crippen molar-refractivity contribution in [2.24, 2.45) is 4.99 Å². The Kier molecular flexibility index (Phi) is 3.77. The van der Waals surface area contributed by atoms with Gasteiger partial charge in [-0.15, -0.1) is 5.48 Å². The van der Waals surface area contributed by atoms with Gasteiger partial charge in [0.05, 0.1) is 6.54 Å². The molecule has 2 aliphatic heterocycles. The van der Waals surface area contributed by atoms with E-state index in [2.05, 4.69) is 39.5 Å². The van der Waals surface area contributed by atoms with Crippen LogP contribution in [-0.4, -0.2) is 55.5 Å². The van der Waals surface area contributed by atoms with Crippen molar-refractivity contribution in [3.8, 4) is 0 Å². The highest BCUT2D eigenvalue weighted by Gasteiger charge is 2.23. The Hall–Kier alpha value is -1.43. The molecule has 0 unspecified atom stereocenters. The van der Waals surface area contributed by atoms with Crippen molar-refractivity contribution < 1.29 is 4.84 Å². The van der Waals surface area contributed by atoms with Crippen LogP contribution in [0.2, 0.25) is 0 Å². The SMILES string of the molecule is CN1CCN(CC2=N[C@@H](c3ccccc3)NO2)CC1. The zero-order valence-electron chi connectivity index (χ0n) is 11.2. The summed E-state index contributed by atoms with van der Waals surface area (Å²) in [5, 5.41) is 0. The van der Waals surface area contributed by atoms with Crippen molar-refractivity contribution in [2.45, 2.75) is 6.17 Å². The van der Waals surface area contributed by atoms with Crippen molar-refractivity contribution in [3.05, 3.63) is 35.9 Å². The molecule has 0 saturated carbocycles. The summed E-state index contributed by atoms with van der Waals surface area (Å²) in [4.78, 5) is 14.8. The van der Waals surface area contributed by atoms with E-state index in [0.29, 0.717) is 0 Å². The zero-order valence-corrected chi connectivity index (χ0v) is 11.2. The fourth-order valence-electron chi connectivity index (χ4n) is 2.37. The average molecular weight is 260 g/mol. The molecule has 0 bridgehead atoms. The third-order valence-corrected chi connectivity index (χ3v) is 3.63. The number of likely N-dealkylation sites (N-methyl/N-ethyl adjacent to an activating group) is 1. The number of piperazine rings is 1. The number of hydroxylamine groups is 1. The van der Waals surface area contributed by atoms with Gasteiger partial charge in [0, 0.05) is 26.2 Å². The fraction of sp³-hybridized carbons (Fsp3) is 0.500. The fourth-order valence-corrected chi connectivity index (χ4v) is 2.37. The highest BCUT2D eigenvalue weighted by atomic mass is 16.7. The molecular formula is C14H20N4O. The summed E-state index contributed by atoms with van der Waals surface area (Å²) in [7, 11) is 2.16. The van der Waals surface area contributed by atoms with Crippen LogP contribution in [-0.2, 0) is 4.84 Å². The van der Waals surface area contributed by atoms with Crippen LogP contribution in [0, 0.1) is 0 Å². The predicted molar refractivity (Wildman–Crippen MR) is 74.8 cm³/mol. The Morgan fingerprint density at radius 2 is 1.95 bits per heavy atom. The largest absolute Gasteiger partial charge is 0.390 e. The first-order valence-corrected chi connectivity index (χ1v) is 6.76. The lowest BCUT2D eigenvalue weighted by atomic mass is 10.2. The Morgan fingerprint density at radius 1 is 1.21 bits per heavy atom. The Bertz CT molecular complexity index is 440. The lowest BCUT2D eigenvalue weighted by Gasteiger charge is -2.31. The number of aliphatic imine (C=N–C) groups is 1. The molecule has 1 saturated heterocycles. The highest BCUT2D eigenvalue weighted by molar-refractivity contribution is 5.79. The van der Waals surface area contributed by atoms with Crippen molar-refractivity contribution in [1.29, 1.82) is 0 Å².